The lowest BCUT2D eigenvalue weighted by Crippen LogP contribution is -2.30. The molecule has 0 saturated carbocycles. The van der Waals surface area contributed by atoms with Crippen molar-refractivity contribution in [1.82, 2.24) is 15.1 Å². The zero-order valence-electron chi connectivity index (χ0n) is 14.9. The second-order valence-electron chi connectivity index (χ2n) is 5.69. The highest BCUT2D eigenvalue weighted by molar-refractivity contribution is 7.14. The largest absolute Gasteiger partial charge is 0.453 e. The van der Waals surface area contributed by atoms with Crippen LogP contribution in [0, 0.1) is 13.8 Å². The Bertz CT molecular complexity index is 929. The Morgan fingerprint density at radius 3 is 2.62 bits per heavy atom. The van der Waals surface area contributed by atoms with Gasteiger partial charge in [0.15, 0.2) is 6.61 Å². The smallest absolute Gasteiger partial charge is 0.344 e. The van der Waals surface area contributed by atoms with E-state index < -0.39 is 18.1 Å². The number of hydrogen-bond acceptors (Lipinski definition) is 7. The van der Waals surface area contributed by atoms with Crippen molar-refractivity contribution < 1.29 is 19.1 Å². The summed E-state index contributed by atoms with van der Waals surface area (Å²) in [5.74, 6) is -1.39. The number of aryl methyl sites for hydroxylation is 2. The number of thiophene rings is 1. The molecular formula is C17H19N3O5S. The Hall–Kier alpha value is -2.81. The van der Waals surface area contributed by atoms with Gasteiger partial charge in [-0.15, -0.1) is 11.3 Å². The molecule has 0 saturated heterocycles. The lowest BCUT2D eigenvalue weighted by atomic mass is 10.1. The molecule has 2 heterocycles. The minimum atomic E-state index is -0.850. The molecule has 26 heavy (non-hydrogen) atoms. The number of Topliss-reactive ketones (excluding diaryl/α,β-unsaturated/α-hetero) is 1. The molecule has 0 spiro atoms. The van der Waals surface area contributed by atoms with Gasteiger partial charge in [-0.25, -0.2) is 9.48 Å². The average Bonchev–Trinajstić information content (AvgIpc) is 3.05. The lowest BCUT2D eigenvalue weighted by Gasteiger charge is -2.09. The number of nitrogens with zero attached hydrogens (tertiary/aromatic N) is 2. The van der Waals surface area contributed by atoms with Crippen molar-refractivity contribution in [1.29, 1.82) is 0 Å². The van der Waals surface area contributed by atoms with E-state index in [0.29, 0.717) is 22.7 Å². The minimum absolute atomic E-state index is 0.120. The summed E-state index contributed by atoms with van der Waals surface area (Å²) in [6, 6.07) is 3.33. The highest BCUT2D eigenvalue weighted by Crippen LogP contribution is 2.17. The number of ether oxygens (including phenoxy) is 1. The third-order valence-electron chi connectivity index (χ3n) is 3.71. The van der Waals surface area contributed by atoms with Crippen LogP contribution in [0.3, 0.4) is 0 Å². The first kappa shape index (κ1) is 19.5. The Labute approximate surface area is 153 Å². The summed E-state index contributed by atoms with van der Waals surface area (Å²) in [7, 11) is 1.44. The maximum Gasteiger partial charge on any atom is 0.344 e. The predicted octanol–water partition coefficient (Wildman–Crippen LogP) is 1.13. The number of hydrogen-bond donors (Lipinski definition) is 1. The molecule has 0 aromatic carbocycles. The standard InChI is InChI=1S/C17H19N3O5S/c1-9-10(2)19-20(4)16(23)15(9)17(24)25-8-13(22)14-6-5-12(26-14)7-18-11(3)21/h5-6H,7-8H2,1-4H3,(H,18,21). The third-order valence-corrected chi connectivity index (χ3v) is 4.84. The zero-order chi connectivity index (χ0) is 19.4. The van der Waals surface area contributed by atoms with E-state index >= 15 is 0 Å². The van der Waals surface area contributed by atoms with Crippen molar-refractivity contribution in [2.75, 3.05) is 6.61 Å². The number of nitrogens with one attached hydrogen (secondary N) is 1. The predicted molar refractivity (Wildman–Crippen MR) is 95.4 cm³/mol. The molecule has 2 aromatic heterocycles. The minimum Gasteiger partial charge on any atom is -0.453 e. The van der Waals surface area contributed by atoms with E-state index in [4.69, 9.17) is 4.74 Å². The van der Waals surface area contributed by atoms with Gasteiger partial charge >= 0.3 is 5.97 Å². The van der Waals surface area contributed by atoms with Crippen LogP contribution in [0.2, 0.25) is 0 Å². The van der Waals surface area contributed by atoms with Gasteiger partial charge in [0.1, 0.15) is 5.56 Å². The van der Waals surface area contributed by atoms with Crippen molar-refractivity contribution in [3.8, 4) is 0 Å². The van der Waals surface area contributed by atoms with Crippen LogP contribution in [0.1, 0.15) is 43.1 Å². The molecule has 0 radical (unpaired) electrons. The summed E-state index contributed by atoms with van der Waals surface area (Å²) in [5.41, 5.74) is 0.273. The van der Waals surface area contributed by atoms with E-state index in [9.17, 15) is 19.2 Å². The number of aromatic nitrogens is 2. The highest BCUT2D eigenvalue weighted by Gasteiger charge is 2.21. The van der Waals surface area contributed by atoms with Gasteiger partial charge in [0, 0.05) is 18.8 Å². The SMILES string of the molecule is CC(=O)NCc1ccc(C(=O)COC(=O)c2c(C)c(C)nn(C)c2=O)s1. The molecular weight excluding hydrogens is 358 g/mol. The summed E-state index contributed by atoms with van der Waals surface area (Å²) in [5, 5.41) is 6.63. The van der Waals surface area contributed by atoms with E-state index in [1.165, 1.54) is 25.3 Å². The number of carbonyl (C=O) groups excluding carboxylic acids is 3. The monoisotopic (exact) mass is 377 g/mol. The summed E-state index contributed by atoms with van der Waals surface area (Å²) < 4.78 is 6.09. The third kappa shape index (κ3) is 4.42. The topological polar surface area (TPSA) is 107 Å². The average molecular weight is 377 g/mol. The van der Waals surface area contributed by atoms with E-state index in [-0.39, 0.29) is 17.3 Å². The lowest BCUT2D eigenvalue weighted by molar-refractivity contribution is -0.119. The van der Waals surface area contributed by atoms with E-state index in [2.05, 4.69) is 10.4 Å². The van der Waals surface area contributed by atoms with Gasteiger partial charge < -0.3 is 10.1 Å². The molecule has 2 rings (SSSR count). The Morgan fingerprint density at radius 2 is 1.96 bits per heavy atom. The van der Waals surface area contributed by atoms with Crippen LogP contribution in [0.25, 0.3) is 0 Å². The van der Waals surface area contributed by atoms with Gasteiger partial charge in [-0.2, -0.15) is 5.10 Å². The van der Waals surface area contributed by atoms with Crippen molar-refractivity contribution in [2.45, 2.75) is 27.3 Å². The fourth-order valence-corrected chi connectivity index (χ4v) is 3.07. The number of esters is 1. The van der Waals surface area contributed by atoms with Crippen LogP contribution < -0.4 is 10.9 Å². The summed E-state index contributed by atoms with van der Waals surface area (Å²) in [6.45, 7) is 4.56. The van der Waals surface area contributed by atoms with Crippen molar-refractivity contribution in [3.63, 3.8) is 0 Å². The van der Waals surface area contributed by atoms with Gasteiger partial charge in [-0.05, 0) is 31.5 Å². The maximum atomic E-state index is 12.2. The Kier molecular flexibility index (Phi) is 6.04. The summed E-state index contributed by atoms with van der Waals surface area (Å²) >= 11 is 1.21. The van der Waals surface area contributed by atoms with Crippen LogP contribution in [-0.4, -0.2) is 34.0 Å². The Morgan fingerprint density at radius 1 is 1.27 bits per heavy atom. The number of amides is 1. The van der Waals surface area contributed by atoms with Crippen LogP contribution in [-0.2, 0) is 23.1 Å². The molecule has 0 atom stereocenters. The molecule has 0 fully saturated rings. The van der Waals surface area contributed by atoms with Gasteiger partial charge in [0.25, 0.3) is 5.56 Å². The molecule has 0 aliphatic heterocycles. The highest BCUT2D eigenvalue weighted by atomic mass is 32.1. The zero-order valence-corrected chi connectivity index (χ0v) is 15.7. The molecule has 0 aliphatic rings. The van der Waals surface area contributed by atoms with E-state index in [1.54, 1.807) is 26.0 Å². The van der Waals surface area contributed by atoms with Gasteiger partial charge in [-0.1, -0.05) is 0 Å². The quantitative estimate of drug-likeness (QED) is 0.597. The molecule has 0 bridgehead atoms. The van der Waals surface area contributed by atoms with Crippen molar-refractivity contribution >= 4 is 29.0 Å². The normalized spacial score (nSPS) is 10.5. The van der Waals surface area contributed by atoms with Crippen molar-refractivity contribution in [2.24, 2.45) is 7.05 Å². The van der Waals surface area contributed by atoms with Crippen LogP contribution in [0.15, 0.2) is 16.9 Å². The molecule has 2 aromatic rings. The van der Waals surface area contributed by atoms with E-state index in [1.807, 2.05) is 0 Å². The fraction of sp³-hybridized carbons (Fsp3) is 0.353. The second kappa shape index (κ2) is 8.05. The number of ketones is 1. The number of rotatable bonds is 6. The Balaban J connectivity index is 2.05. The molecule has 0 aliphatic carbocycles. The fourth-order valence-electron chi connectivity index (χ4n) is 2.20. The van der Waals surface area contributed by atoms with Gasteiger partial charge in [0.05, 0.1) is 17.1 Å². The van der Waals surface area contributed by atoms with E-state index in [0.717, 1.165) is 9.56 Å². The first-order valence-corrected chi connectivity index (χ1v) is 8.60. The molecule has 8 nitrogen and oxygen atoms in total. The summed E-state index contributed by atoms with van der Waals surface area (Å²) in [4.78, 5) is 48.7. The van der Waals surface area contributed by atoms with Crippen LogP contribution in [0.4, 0.5) is 0 Å². The van der Waals surface area contributed by atoms with Crippen LogP contribution >= 0.6 is 11.3 Å². The molecule has 9 heteroatoms. The summed E-state index contributed by atoms with van der Waals surface area (Å²) in [6.07, 6.45) is 0. The first-order valence-electron chi connectivity index (χ1n) is 7.78. The molecule has 1 N–H and O–H groups in total. The first-order chi connectivity index (χ1) is 12.2. The van der Waals surface area contributed by atoms with Gasteiger partial charge in [-0.3, -0.25) is 14.4 Å². The molecule has 138 valence electrons. The van der Waals surface area contributed by atoms with Gasteiger partial charge in [0.2, 0.25) is 11.7 Å². The maximum absolute atomic E-state index is 12.2. The molecule has 0 unspecified atom stereocenters. The van der Waals surface area contributed by atoms with Crippen molar-refractivity contribution in [3.05, 3.63) is 49.1 Å². The second-order valence-corrected chi connectivity index (χ2v) is 6.86. The van der Waals surface area contributed by atoms with Crippen LogP contribution in [0.5, 0.6) is 0 Å². The number of carbonyl (C=O) groups is 3. The molecule has 1 amide bonds.